The second-order valence-electron chi connectivity index (χ2n) is 4.72. The zero-order chi connectivity index (χ0) is 12.6. The molecule has 0 spiro atoms. The maximum absolute atomic E-state index is 11.8. The minimum Gasteiger partial charge on any atom is -0.349 e. The summed E-state index contributed by atoms with van der Waals surface area (Å²) in [4.78, 5) is 11.8. The molecule has 17 heavy (non-hydrogen) atoms. The summed E-state index contributed by atoms with van der Waals surface area (Å²) >= 11 is 11.9. The van der Waals surface area contributed by atoms with Crippen LogP contribution in [0.15, 0.2) is 18.2 Å². The van der Waals surface area contributed by atoms with Crippen molar-refractivity contribution in [2.75, 3.05) is 0 Å². The fraction of sp³-hybridized carbons (Fsp3) is 0.462. The van der Waals surface area contributed by atoms with Crippen molar-refractivity contribution >= 4 is 29.1 Å². The van der Waals surface area contributed by atoms with Gasteiger partial charge >= 0.3 is 0 Å². The Balaban J connectivity index is 2.04. The SMILES string of the molecule is C[C@H](NC(=O)[C@@H]1C[C@@H]1C)c1ccc(Cl)cc1Cl. The molecule has 0 bridgehead atoms. The maximum atomic E-state index is 11.8. The van der Waals surface area contributed by atoms with E-state index in [1.165, 1.54) is 0 Å². The molecule has 1 aromatic carbocycles. The first-order chi connectivity index (χ1) is 7.99. The molecule has 2 nitrogen and oxygen atoms in total. The van der Waals surface area contributed by atoms with Gasteiger partial charge < -0.3 is 5.32 Å². The van der Waals surface area contributed by atoms with E-state index in [1.807, 2.05) is 13.0 Å². The summed E-state index contributed by atoms with van der Waals surface area (Å²) in [5.41, 5.74) is 0.901. The van der Waals surface area contributed by atoms with Gasteiger partial charge in [-0.2, -0.15) is 0 Å². The molecular weight excluding hydrogens is 257 g/mol. The monoisotopic (exact) mass is 271 g/mol. The second-order valence-corrected chi connectivity index (χ2v) is 5.56. The molecule has 2 rings (SSSR count). The van der Waals surface area contributed by atoms with Gasteiger partial charge in [0.25, 0.3) is 0 Å². The third-order valence-electron chi connectivity index (χ3n) is 3.23. The van der Waals surface area contributed by atoms with Crippen LogP contribution in [0.25, 0.3) is 0 Å². The van der Waals surface area contributed by atoms with Crippen LogP contribution in [0.1, 0.15) is 31.9 Å². The van der Waals surface area contributed by atoms with Gasteiger partial charge in [-0.3, -0.25) is 4.79 Å². The molecular formula is C13H15Cl2NO. The molecule has 3 atom stereocenters. The van der Waals surface area contributed by atoms with Gasteiger partial charge in [0.05, 0.1) is 6.04 Å². The molecule has 1 N–H and O–H groups in total. The lowest BCUT2D eigenvalue weighted by molar-refractivity contribution is -0.123. The van der Waals surface area contributed by atoms with Crippen molar-refractivity contribution in [2.45, 2.75) is 26.3 Å². The van der Waals surface area contributed by atoms with Crippen molar-refractivity contribution in [2.24, 2.45) is 11.8 Å². The number of hydrogen-bond acceptors (Lipinski definition) is 1. The predicted molar refractivity (Wildman–Crippen MR) is 70.3 cm³/mol. The first kappa shape index (κ1) is 12.7. The van der Waals surface area contributed by atoms with Crippen LogP contribution in [0.3, 0.4) is 0 Å². The number of hydrogen-bond donors (Lipinski definition) is 1. The van der Waals surface area contributed by atoms with Gasteiger partial charge in [0.15, 0.2) is 0 Å². The molecule has 4 heteroatoms. The highest BCUT2D eigenvalue weighted by Gasteiger charge is 2.39. The van der Waals surface area contributed by atoms with Crippen LogP contribution in [-0.2, 0) is 4.79 Å². The standard InChI is InChI=1S/C13H15Cl2NO/c1-7-5-11(7)13(17)16-8(2)10-4-3-9(14)6-12(10)15/h3-4,6-8,11H,5H2,1-2H3,(H,16,17)/t7-,8-,11+/m0/s1. The molecule has 1 aliphatic carbocycles. The Morgan fingerprint density at radius 2 is 2.12 bits per heavy atom. The average Bonchev–Trinajstić information content (AvgIpc) is 2.95. The number of carbonyl (C=O) groups excluding carboxylic acids is 1. The molecule has 1 fully saturated rings. The van der Waals surface area contributed by atoms with Crippen LogP contribution in [0.5, 0.6) is 0 Å². The summed E-state index contributed by atoms with van der Waals surface area (Å²) in [5.74, 6) is 0.822. The highest BCUT2D eigenvalue weighted by Crippen LogP contribution is 2.38. The van der Waals surface area contributed by atoms with E-state index in [-0.39, 0.29) is 17.9 Å². The van der Waals surface area contributed by atoms with Gasteiger partial charge in [-0.1, -0.05) is 36.2 Å². The summed E-state index contributed by atoms with van der Waals surface area (Å²) in [6.45, 7) is 4.02. The van der Waals surface area contributed by atoms with E-state index in [0.717, 1.165) is 12.0 Å². The number of halogens is 2. The van der Waals surface area contributed by atoms with Gasteiger partial charge in [-0.15, -0.1) is 0 Å². The second kappa shape index (κ2) is 4.87. The predicted octanol–water partition coefficient (Wildman–Crippen LogP) is 3.83. The minimum absolute atomic E-state index is 0.0833. The maximum Gasteiger partial charge on any atom is 0.223 e. The van der Waals surface area contributed by atoms with E-state index in [0.29, 0.717) is 16.0 Å². The summed E-state index contributed by atoms with van der Waals surface area (Å²) in [7, 11) is 0. The lowest BCUT2D eigenvalue weighted by atomic mass is 10.1. The van der Waals surface area contributed by atoms with Gasteiger partial charge in [0.2, 0.25) is 5.91 Å². The largest absolute Gasteiger partial charge is 0.349 e. The van der Waals surface area contributed by atoms with Crippen LogP contribution in [0.2, 0.25) is 10.0 Å². The van der Waals surface area contributed by atoms with Gasteiger partial charge in [-0.05, 0) is 37.0 Å². The molecule has 0 aliphatic heterocycles. The third kappa shape index (κ3) is 2.93. The molecule has 0 radical (unpaired) electrons. The van der Waals surface area contributed by atoms with Crippen LogP contribution in [-0.4, -0.2) is 5.91 Å². The van der Waals surface area contributed by atoms with Gasteiger partial charge in [-0.25, -0.2) is 0 Å². The zero-order valence-electron chi connectivity index (χ0n) is 9.84. The minimum atomic E-state index is -0.0833. The Morgan fingerprint density at radius 3 is 2.65 bits per heavy atom. The highest BCUT2D eigenvalue weighted by molar-refractivity contribution is 6.35. The third-order valence-corrected chi connectivity index (χ3v) is 3.80. The smallest absolute Gasteiger partial charge is 0.223 e. The molecule has 0 saturated heterocycles. The molecule has 1 aromatic rings. The lowest BCUT2D eigenvalue weighted by Crippen LogP contribution is -2.28. The Labute approximate surface area is 111 Å². The van der Waals surface area contributed by atoms with Crippen LogP contribution in [0, 0.1) is 11.8 Å². The van der Waals surface area contributed by atoms with Gasteiger partial charge in [0.1, 0.15) is 0 Å². The summed E-state index contributed by atoms with van der Waals surface area (Å²) in [5, 5.41) is 4.18. The normalized spacial score (nSPS) is 24.2. The Hall–Kier alpha value is -0.730. The van der Waals surface area contributed by atoms with Crippen LogP contribution < -0.4 is 5.32 Å². The number of amides is 1. The summed E-state index contributed by atoms with van der Waals surface area (Å²) in [6.07, 6.45) is 0.993. The van der Waals surface area contributed by atoms with E-state index in [4.69, 9.17) is 23.2 Å². The van der Waals surface area contributed by atoms with Crippen molar-refractivity contribution < 1.29 is 4.79 Å². The highest BCUT2D eigenvalue weighted by atomic mass is 35.5. The fourth-order valence-electron chi connectivity index (χ4n) is 1.94. The Bertz CT molecular complexity index is 447. The zero-order valence-corrected chi connectivity index (χ0v) is 11.3. The Kier molecular flexibility index (Phi) is 3.64. The van der Waals surface area contributed by atoms with Crippen molar-refractivity contribution in [1.82, 2.24) is 5.32 Å². The molecule has 1 saturated carbocycles. The van der Waals surface area contributed by atoms with Crippen molar-refractivity contribution in [3.8, 4) is 0 Å². The lowest BCUT2D eigenvalue weighted by Gasteiger charge is -2.15. The number of nitrogens with one attached hydrogen (secondary N) is 1. The van der Waals surface area contributed by atoms with E-state index in [1.54, 1.807) is 12.1 Å². The molecule has 1 aliphatic rings. The molecule has 0 aromatic heterocycles. The number of rotatable bonds is 3. The fourth-order valence-corrected chi connectivity index (χ4v) is 2.51. The van der Waals surface area contributed by atoms with E-state index >= 15 is 0 Å². The van der Waals surface area contributed by atoms with E-state index < -0.39 is 0 Å². The molecule has 0 heterocycles. The molecule has 92 valence electrons. The topological polar surface area (TPSA) is 29.1 Å². The number of benzene rings is 1. The summed E-state index contributed by atoms with van der Waals surface area (Å²) in [6, 6.07) is 5.25. The molecule has 0 unspecified atom stereocenters. The van der Waals surface area contributed by atoms with Crippen LogP contribution in [0.4, 0.5) is 0 Å². The Morgan fingerprint density at radius 1 is 1.47 bits per heavy atom. The summed E-state index contributed by atoms with van der Waals surface area (Å²) < 4.78 is 0. The first-order valence-corrected chi connectivity index (χ1v) is 6.50. The quantitative estimate of drug-likeness (QED) is 0.890. The first-order valence-electron chi connectivity index (χ1n) is 5.74. The number of carbonyl (C=O) groups is 1. The van der Waals surface area contributed by atoms with Crippen LogP contribution >= 0.6 is 23.2 Å². The molecule has 1 amide bonds. The van der Waals surface area contributed by atoms with Gasteiger partial charge in [0, 0.05) is 16.0 Å². The van der Waals surface area contributed by atoms with E-state index in [2.05, 4.69) is 12.2 Å². The van der Waals surface area contributed by atoms with Crippen molar-refractivity contribution in [3.05, 3.63) is 33.8 Å². The van der Waals surface area contributed by atoms with Crippen molar-refractivity contribution in [1.29, 1.82) is 0 Å². The van der Waals surface area contributed by atoms with E-state index in [9.17, 15) is 4.79 Å². The van der Waals surface area contributed by atoms with Crippen molar-refractivity contribution in [3.63, 3.8) is 0 Å². The average molecular weight is 272 g/mol.